The van der Waals surface area contributed by atoms with E-state index in [1.807, 2.05) is 0 Å². The average Bonchev–Trinajstić information content (AvgIpc) is 3.39. The minimum Gasteiger partial charge on any atom is -0.464 e. The van der Waals surface area contributed by atoms with Crippen LogP contribution in [0.25, 0.3) is 11.3 Å². The monoisotopic (exact) mass is 539 g/mol. The Labute approximate surface area is 212 Å². The van der Waals surface area contributed by atoms with E-state index in [0.717, 1.165) is 4.90 Å². The van der Waals surface area contributed by atoms with E-state index in [-0.39, 0.29) is 11.4 Å². The van der Waals surface area contributed by atoms with Crippen molar-refractivity contribution in [1.29, 1.82) is 0 Å². The molecule has 0 bridgehead atoms. The van der Waals surface area contributed by atoms with Gasteiger partial charge < -0.3 is 19.2 Å². The standard InChI is InChI=1S/C27H20F7NO3/c28-23-10-9-19(26(29,30)31)12-18(23)15-35(16-25(36)27(32,33)34)20-5-2-7-22(14-20)38-21-6-1-4-17(13-21)24-8-3-11-37-24/h1-14,25,36H,15-16H2/t25-/m1/s1. The Bertz CT molecular complexity index is 1370. The molecule has 0 fully saturated rings. The molecule has 4 aromatic rings. The topological polar surface area (TPSA) is 45.8 Å². The van der Waals surface area contributed by atoms with Crippen LogP contribution in [0.4, 0.5) is 36.4 Å². The number of nitrogens with zero attached hydrogens (tertiary/aromatic N) is 1. The van der Waals surface area contributed by atoms with Crippen molar-refractivity contribution in [2.75, 3.05) is 11.4 Å². The Morgan fingerprint density at radius 1 is 0.842 bits per heavy atom. The molecule has 4 rings (SSSR count). The van der Waals surface area contributed by atoms with Crippen molar-refractivity contribution in [3.05, 3.63) is 102 Å². The van der Waals surface area contributed by atoms with Crippen LogP contribution in [0.1, 0.15) is 11.1 Å². The normalized spacial score (nSPS) is 12.8. The van der Waals surface area contributed by atoms with E-state index in [2.05, 4.69) is 0 Å². The van der Waals surface area contributed by atoms with Gasteiger partial charge in [-0.2, -0.15) is 26.3 Å². The fraction of sp³-hybridized carbons (Fsp3) is 0.185. The number of aliphatic hydroxyl groups is 1. The lowest BCUT2D eigenvalue weighted by molar-refractivity contribution is -0.200. The molecule has 0 aliphatic carbocycles. The van der Waals surface area contributed by atoms with E-state index in [4.69, 9.17) is 9.15 Å². The minimum absolute atomic E-state index is 0.0600. The molecule has 3 aromatic carbocycles. The first kappa shape index (κ1) is 27.1. The molecule has 1 N–H and O–H groups in total. The van der Waals surface area contributed by atoms with Crippen LogP contribution in [0.2, 0.25) is 0 Å². The molecule has 200 valence electrons. The maximum atomic E-state index is 14.4. The molecular weight excluding hydrogens is 519 g/mol. The Morgan fingerprint density at radius 2 is 1.55 bits per heavy atom. The second-order valence-corrected chi connectivity index (χ2v) is 8.35. The van der Waals surface area contributed by atoms with Gasteiger partial charge in [0.05, 0.1) is 18.4 Å². The van der Waals surface area contributed by atoms with E-state index in [9.17, 15) is 35.8 Å². The average molecular weight is 539 g/mol. The minimum atomic E-state index is -5.01. The van der Waals surface area contributed by atoms with Gasteiger partial charge in [-0.3, -0.25) is 0 Å². The summed E-state index contributed by atoms with van der Waals surface area (Å²) < 4.78 is 105. The number of ether oxygens (including phenoxy) is 1. The largest absolute Gasteiger partial charge is 0.464 e. The van der Waals surface area contributed by atoms with Crippen LogP contribution in [-0.2, 0) is 12.7 Å². The highest BCUT2D eigenvalue weighted by atomic mass is 19.4. The third kappa shape index (κ3) is 6.65. The number of alkyl halides is 6. The number of benzene rings is 3. The molecule has 0 radical (unpaired) electrons. The van der Waals surface area contributed by atoms with Crippen molar-refractivity contribution in [1.82, 2.24) is 0 Å². The van der Waals surface area contributed by atoms with Gasteiger partial charge in [-0.15, -0.1) is 0 Å². The smallest absolute Gasteiger partial charge is 0.416 e. The molecule has 4 nitrogen and oxygen atoms in total. The van der Waals surface area contributed by atoms with Gasteiger partial charge in [-0.25, -0.2) is 4.39 Å². The van der Waals surface area contributed by atoms with Crippen LogP contribution >= 0.6 is 0 Å². The van der Waals surface area contributed by atoms with Crippen LogP contribution in [0, 0.1) is 5.82 Å². The Kier molecular flexibility index (Phi) is 7.68. The molecule has 1 atom stereocenters. The summed E-state index contributed by atoms with van der Waals surface area (Å²) in [5.41, 5.74) is -0.881. The van der Waals surface area contributed by atoms with Crippen molar-refractivity contribution in [2.24, 2.45) is 0 Å². The van der Waals surface area contributed by atoms with Crippen molar-refractivity contribution in [2.45, 2.75) is 25.0 Å². The fourth-order valence-corrected chi connectivity index (χ4v) is 3.69. The molecular formula is C27H20F7NO3. The van der Waals surface area contributed by atoms with Gasteiger partial charge in [0.2, 0.25) is 0 Å². The quantitative estimate of drug-likeness (QED) is 0.232. The lowest BCUT2D eigenvalue weighted by atomic mass is 10.1. The first-order valence-electron chi connectivity index (χ1n) is 11.2. The molecule has 0 saturated heterocycles. The van der Waals surface area contributed by atoms with Crippen LogP contribution in [0.5, 0.6) is 11.5 Å². The van der Waals surface area contributed by atoms with Crippen LogP contribution in [0.3, 0.4) is 0 Å². The Morgan fingerprint density at radius 3 is 2.21 bits per heavy atom. The number of anilines is 1. The predicted molar refractivity (Wildman–Crippen MR) is 125 cm³/mol. The van der Waals surface area contributed by atoms with Crippen molar-refractivity contribution in [3.63, 3.8) is 0 Å². The lowest BCUT2D eigenvalue weighted by Crippen LogP contribution is -2.41. The Balaban J connectivity index is 1.64. The Hall–Kier alpha value is -3.99. The van der Waals surface area contributed by atoms with Crippen LogP contribution in [-0.4, -0.2) is 23.9 Å². The molecule has 0 unspecified atom stereocenters. The van der Waals surface area contributed by atoms with E-state index in [0.29, 0.717) is 35.3 Å². The van der Waals surface area contributed by atoms with Gasteiger partial charge in [0.1, 0.15) is 23.1 Å². The molecule has 0 aliphatic heterocycles. The summed E-state index contributed by atoms with van der Waals surface area (Å²) in [7, 11) is 0. The second kappa shape index (κ2) is 10.8. The molecule has 0 spiro atoms. The fourth-order valence-electron chi connectivity index (χ4n) is 3.69. The molecule has 0 aliphatic rings. The summed E-state index contributed by atoms with van der Waals surface area (Å²) in [5.74, 6) is 0.114. The van der Waals surface area contributed by atoms with Gasteiger partial charge in [-0.05, 0) is 54.6 Å². The van der Waals surface area contributed by atoms with Gasteiger partial charge in [0.15, 0.2) is 6.10 Å². The third-order valence-electron chi connectivity index (χ3n) is 5.56. The highest BCUT2D eigenvalue weighted by molar-refractivity contribution is 5.60. The van der Waals surface area contributed by atoms with Crippen molar-refractivity contribution in [3.8, 4) is 22.8 Å². The third-order valence-corrected chi connectivity index (χ3v) is 5.56. The second-order valence-electron chi connectivity index (χ2n) is 8.35. The van der Waals surface area contributed by atoms with Crippen molar-refractivity contribution >= 4 is 5.69 Å². The summed E-state index contributed by atoms with van der Waals surface area (Å²) in [5, 5.41) is 9.69. The molecule has 1 heterocycles. The maximum absolute atomic E-state index is 14.4. The van der Waals surface area contributed by atoms with E-state index in [1.165, 1.54) is 30.5 Å². The molecule has 38 heavy (non-hydrogen) atoms. The SMILES string of the molecule is O[C@H](CN(Cc1cc(C(F)(F)F)ccc1F)c1cccc(Oc2cccc(-c3ccco3)c2)c1)C(F)(F)F. The van der Waals surface area contributed by atoms with E-state index >= 15 is 0 Å². The predicted octanol–water partition coefficient (Wildman–Crippen LogP) is 7.83. The van der Waals surface area contributed by atoms with Gasteiger partial charge in [0.25, 0.3) is 0 Å². The number of rotatable bonds is 8. The number of halogens is 7. The maximum Gasteiger partial charge on any atom is 0.416 e. The number of aliphatic hydroxyl groups excluding tert-OH is 1. The lowest BCUT2D eigenvalue weighted by Gasteiger charge is -2.29. The van der Waals surface area contributed by atoms with Crippen LogP contribution in [0.15, 0.2) is 89.5 Å². The van der Waals surface area contributed by atoms with Gasteiger partial charge >= 0.3 is 12.4 Å². The summed E-state index contributed by atoms with van der Waals surface area (Å²) >= 11 is 0. The molecule has 0 saturated carbocycles. The van der Waals surface area contributed by atoms with E-state index < -0.39 is 48.5 Å². The molecule has 11 heteroatoms. The first-order valence-corrected chi connectivity index (χ1v) is 11.2. The first-order chi connectivity index (χ1) is 17.9. The zero-order chi connectivity index (χ0) is 27.5. The van der Waals surface area contributed by atoms with Crippen molar-refractivity contribution < 1.29 is 45.0 Å². The van der Waals surface area contributed by atoms with E-state index in [1.54, 1.807) is 36.4 Å². The summed E-state index contributed by atoms with van der Waals surface area (Å²) in [6.07, 6.45) is -11.1. The van der Waals surface area contributed by atoms with Gasteiger partial charge in [-0.1, -0.05) is 18.2 Å². The van der Waals surface area contributed by atoms with Crippen LogP contribution < -0.4 is 9.64 Å². The molecule has 0 amide bonds. The highest BCUT2D eigenvalue weighted by Gasteiger charge is 2.39. The zero-order valence-electron chi connectivity index (χ0n) is 19.4. The number of hydrogen-bond donors (Lipinski definition) is 1. The number of hydrogen-bond acceptors (Lipinski definition) is 4. The summed E-state index contributed by atoms with van der Waals surface area (Å²) in [6.45, 7) is -1.74. The molecule has 1 aromatic heterocycles. The van der Waals surface area contributed by atoms with Gasteiger partial charge in [0, 0.05) is 29.4 Å². The number of furan rings is 1. The summed E-state index contributed by atoms with van der Waals surface area (Å²) in [4.78, 5) is 0.933. The highest BCUT2D eigenvalue weighted by Crippen LogP contribution is 2.33. The zero-order valence-corrected chi connectivity index (χ0v) is 19.4. The summed E-state index contributed by atoms with van der Waals surface area (Å²) in [6, 6.07) is 17.6.